The number of ether oxygens (including phenoxy) is 2. The molecule has 0 bridgehead atoms. The Hall–Kier alpha value is -2.58. The molecule has 0 saturated heterocycles. The molecule has 2 rings (SSSR count). The highest BCUT2D eigenvalue weighted by Crippen LogP contribution is 2.26. The molecule has 3 N–H and O–H groups in total. The molecule has 0 fully saturated rings. The van der Waals surface area contributed by atoms with Crippen LogP contribution in [-0.2, 0) is 10.0 Å². The highest BCUT2D eigenvalue weighted by molar-refractivity contribution is 7.89. The van der Waals surface area contributed by atoms with Gasteiger partial charge in [0.15, 0.2) is 0 Å². The van der Waals surface area contributed by atoms with E-state index in [0.717, 1.165) is 0 Å². The Kier molecular flexibility index (Phi) is 5.42. The van der Waals surface area contributed by atoms with E-state index in [1.54, 1.807) is 24.3 Å². The van der Waals surface area contributed by atoms with Gasteiger partial charge in [-0.3, -0.25) is 4.79 Å². The molecule has 128 valence electrons. The van der Waals surface area contributed by atoms with Crippen LogP contribution in [0.3, 0.4) is 0 Å². The SMILES string of the molecule is CCOc1ccc(C(=O)Nc2ccc(S(N)(=O)=O)c(OC)c2)cc1. The fraction of sp³-hybridized carbons (Fsp3) is 0.188. The van der Waals surface area contributed by atoms with Crippen molar-refractivity contribution in [2.45, 2.75) is 11.8 Å². The Balaban J connectivity index is 2.19. The minimum absolute atomic E-state index is 0.0574. The maximum absolute atomic E-state index is 12.2. The highest BCUT2D eigenvalue weighted by atomic mass is 32.2. The molecule has 8 heteroatoms. The van der Waals surface area contributed by atoms with Gasteiger partial charge in [0.1, 0.15) is 16.4 Å². The number of carbonyl (C=O) groups excluding carboxylic acids is 1. The molecule has 0 atom stereocenters. The van der Waals surface area contributed by atoms with Gasteiger partial charge in [0.05, 0.1) is 13.7 Å². The van der Waals surface area contributed by atoms with Crippen LogP contribution >= 0.6 is 0 Å². The summed E-state index contributed by atoms with van der Waals surface area (Å²) >= 11 is 0. The normalized spacial score (nSPS) is 11.0. The minimum atomic E-state index is -3.90. The first kappa shape index (κ1) is 17.8. The quantitative estimate of drug-likeness (QED) is 0.828. The van der Waals surface area contributed by atoms with Gasteiger partial charge >= 0.3 is 0 Å². The molecule has 0 radical (unpaired) electrons. The van der Waals surface area contributed by atoms with Crippen molar-refractivity contribution in [1.29, 1.82) is 0 Å². The van der Waals surface area contributed by atoms with Crippen molar-refractivity contribution in [2.24, 2.45) is 5.14 Å². The van der Waals surface area contributed by atoms with Gasteiger partial charge in [-0.05, 0) is 43.3 Å². The first-order valence-electron chi connectivity index (χ1n) is 7.10. The molecule has 2 aromatic carbocycles. The maximum atomic E-state index is 12.2. The summed E-state index contributed by atoms with van der Waals surface area (Å²) in [6, 6.07) is 10.8. The molecule has 0 aliphatic carbocycles. The fourth-order valence-electron chi connectivity index (χ4n) is 2.05. The number of carbonyl (C=O) groups is 1. The Morgan fingerprint density at radius 2 is 1.83 bits per heavy atom. The molecule has 7 nitrogen and oxygen atoms in total. The Morgan fingerprint density at radius 3 is 2.38 bits per heavy atom. The van der Waals surface area contributed by atoms with Crippen LogP contribution in [0.15, 0.2) is 47.4 Å². The summed E-state index contributed by atoms with van der Waals surface area (Å²) in [6.07, 6.45) is 0. The van der Waals surface area contributed by atoms with E-state index < -0.39 is 10.0 Å². The summed E-state index contributed by atoms with van der Waals surface area (Å²) in [7, 11) is -2.58. The second-order valence-electron chi connectivity index (χ2n) is 4.82. The van der Waals surface area contributed by atoms with Gasteiger partial charge in [0, 0.05) is 17.3 Å². The van der Waals surface area contributed by atoms with Crippen molar-refractivity contribution >= 4 is 21.6 Å². The van der Waals surface area contributed by atoms with Crippen LogP contribution in [0.1, 0.15) is 17.3 Å². The third kappa shape index (κ3) is 4.24. The molecular weight excluding hydrogens is 332 g/mol. The number of anilines is 1. The molecule has 0 spiro atoms. The van der Waals surface area contributed by atoms with E-state index in [0.29, 0.717) is 23.6 Å². The molecule has 0 saturated carbocycles. The summed E-state index contributed by atoms with van der Waals surface area (Å²) in [5, 5.41) is 7.77. The minimum Gasteiger partial charge on any atom is -0.495 e. The van der Waals surface area contributed by atoms with Gasteiger partial charge in [0.25, 0.3) is 5.91 Å². The first-order chi connectivity index (χ1) is 11.3. The molecule has 0 unspecified atom stereocenters. The van der Waals surface area contributed by atoms with E-state index in [-0.39, 0.29) is 16.6 Å². The van der Waals surface area contributed by atoms with Crippen LogP contribution in [0.5, 0.6) is 11.5 Å². The molecule has 1 amide bonds. The zero-order chi connectivity index (χ0) is 17.7. The van der Waals surface area contributed by atoms with Crippen LogP contribution in [0.25, 0.3) is 0 Å². The third-order valence-corrected chi connectivity index (χ3v) is 4.11. The molecule has 0 aromatic heterocycles. The zero-order valence-electron chi connectivity index (χ0n) is 13.3. The number of methoxy groups -OCH3 is 1. The Labute approximate surface area is 140 Å². The van der Waals surface area contributed by atoms with Crippen LogP contribution in [0, 0.1) is 0 Å². The summed E-state index contributed by atoms with van der Waals surface area (Å²) in [4.78, 5) is 12.1. The number of hydrogen-bond acceptors (Lipinski definition) is 5. The second-order valence-corrected chi connectivity index (χ2v) is 6.35. The first-order valence-corrected chi connectivity index (χ1v) is 8.65. The number of nitrogens with two attached hydrogens (primary N) is 1. The second kappa shape index (κ2) is 7.33. The number of benzene rings is 2. The van der Waals surface area contributed by atoms with Crippen LogP contribution in [0.4, 0.5) is 5.69 Å². The third-order valence-electron chi connectivity index (χ3n) is 3.16. The lowest BCUT2D eigenvalue weighted by Gasteiger charge is -2.10. The van der Waals surface area contributed by atoms with Crippen molar-refractivity contribution < 1.29 is 22.7 Å². The van der Waals surface area contributed by atoms with E-state index in [1.807, 2.05) is 6.92 Å². The van der Waals surface area contributed by atoms with Crippen molar-refractivity contribution in [2.75, 3.05) is 19.0 Å². The number of nitrogens with one attached hydrogen (secondary N) is 1. The number of hydrogen-bond donors (Lipinski definition) is 2. The van der Waals surface area contributed by atoms with Crippen molar-refractivity contribution in [3.8, 4) is 11.5 Å². The predicted octanol–water partition coefficient (Wildman–Crippen LogP) is 1.99. The lowest BCUT2D eigenvalue weighted by Crippen LogP contribution is -2.15. The molecule has 0 heterocycles. The summed E-state index contributed by atoms with van der Waals surface area (Å²) < 4.78 is 33.2. The van der Waals surface area contributed by atoms with Gasteiger partial charge < -0.3 is 14.8 Å². The molecule has 24 heavy (non-hydrogen) atoms. The van der Waals surface area contributed by atoms with Gasteiger partial charge in [-0.25, -0.2) is 13.6 Å². The zero-order valence-corrected chi connectivity index (χ0v) is 14.1. The monoisotopic (exact) mass is 350 g/mol. The largest absolute Gasteiger partial charge is 0.495 e. The van der Waals surface area contributed by atoms with Gasteiger partial charge in [-0.2, -0.15) is 0 Å². The predicted molar refractivity (Wildman–Crippen MR) is 89.9 cm³/mol. The Bertz CT molecular complexity index is 832. The molecule has 2 aromatic rings. The highest BCUT2D eigenvalue weighted by Gasteiger charge is 2.16. The van der Waals surface area contributed by atoms with E-state index in [1.165, 1.54) is 25.3 Å². The maximum Gasteiger partial charge on any atom is 0.255 e. The topological polar surface area (TPSA) is 108 Å². The smallest absolute Gasteiger partial charge is 0.255 e. The number of primary sulfonamides is 1. The van der Waals surface area contributed by atoms with Crippen LogP contribution in [-0.4, -0.2) is 28.0 Å². The lowest BCUT2D eigenvalue weighted by molar-refractivity contribution is 0.102. The fourth-order valence-corrected chi connectivity index (χ4v) is 2.73. The van der Waals surface area contributed by atoms with Gasteiger partial charge in [-0.1, -0.05) is 0 Å². The van der Waals surface area contributed by atoms with E-state index in [4.69, 9.17) is 14.6 Å². The van der Waals surface area contributed by atoms with Gasteiger partial charge in [-0.15, -0.1) is 0 Å². The van der Waals surface area contributed by atoms with Gasteiger partial charge in [0.2, 0.25) is 10.0 Å². The average molecular weight is 350 g/mol. The average Bonchev–Trinajstić information content (AvgIpc) is 2.54. The summed E-state index contributed by atoms with van der Waals surface area (Å²) in [5.74, 6) is 0.388. The van der Waals surface area contributed by atoms with Crippen LogP contribution < -0.4 is 19.9 Å². The van der Waals surface area contributed by atoms with E-state index in [2.05, 4.69) is 5.32 Å². The molecular formula is C16H18N2O5S. The lowest BCUT2D eigenvalue weighted by atomic mass is 10.2. The van der Waals surface area contributed by atoms with Crippen molar-refractivity contribution in [3.63, 3.8) is 0 Å². The summed E-state index contributed by atoms with van der Waals surface area (Å²) in [5.41, 5.74) is 0.825. The number of sulfonamides is 1. The van der Waals surface area contributed by atoms with E-state index in [9.17, 15) is 13.2 Å². The number of amides is 1. The van der Waals surface area contributed by atoms with Crippen molar-refractivity contribution in [1.82, 2.24) is 0 Å². The summed E-state index contributed by atoms with van der Waals surface area (Å²) in [6.45, 7) is 2.42. The Morgan fingerprint density at radius 1 is 1.17 bits per heavy atom. The van der Waals surface area contributed by atoms with Crippen LogP contribution in [0.2, 0.25) is 0 Å². The molecule has 0 aliphatic heterocycles. The standard InChI is InChI=1S/C16H18N2O5S/c1-3-23-13-7-4-11(5-8-13)16(19)18-12-6-9-15(24(17,20)21)14(10-12)22-2/h4-10H,3H2,1-2H3,(H,18,19)(H2,17,20,21). The number of rotatable bonds is 6. The molecule has 0 aliphatic rings. The van der Waals surface area contributed by atoms with E-state index >= 15 is 0 Å². The van der Waals surface area contributed by atoms with Crippen molar-refractivity contribution in [3.05, 3.63) is 48.0 Å².